The zero-order valence-electron chi connectivity index (χ0n) is 15.1. The highest BCUT2D eigenvalue weighted by Gasteiger charge is 2.32. The molecular formula is C18H19F3N4O3. The summed E-state index contributed by atoms with van der Waals surface area (Å²) in [6.45, 7) is 0.905. The van der Waals surface area contributed by atoms with Gasteiger partial charge in [-0.3, -0.25) is 9.59 Å². The first-order valence-electron chi connectivity index (χ1n) is 8.70. The van der Waals surface area contributed by atoms with E-state index in [2.05, 4.69) is 20.3 Å². The second-order valence-electron chi connectivity index (χ2n) is 6.72. The summed E-state index contributed by atoms with van der Waals surface area (Å²) in [7, 11) is 0. The molecule has 0 spiro atoms. The molecule has 0 saturated carbocycles. The van der Waals surface area contributed by atoms with E-state index in [1.54, 1.807) is 24.1 Å². The molecule has 7 nitrogen and oxygen atoms in total. The standard InChI is InChI=1S/C18H19F3N4O3/c1-11(24-28-10-18(19,20)21)14-8-25(9-14)16(27)5-2-12-6-13-3-4-15(26)23-17(13)22-7-12/h2,5-7,14H,3-4,8-10H2,1H3,(H,22,23,26)/b5-2?,24-11-. The number of hydrogen-bond donors (Lipinski definition) is 1. The highest BCUT2D eigenvalue weighted by Crippen LogP contribution is 2.22. The van der Waals surface area contributed by atoms with Crippen LogP contribution in [0, 0.1) is 5.92 Å². The summed E-state index contributed by atoms with van der Waals surface area (Å²) in [5.41, 5.74) is 2.10. The number of pyridine rings is 1. The maximum absolute atomic E-state index is 12.2. The van der Waals surface area contributed by atoms with Crippen molar-refractivity contribution in [3.8, 4) is 0 Å². The van der Waals surface area contributed by atoms with Gasteiger partial charge in [-0.2, -0.15) is 13.2 Å². The number of halogens is 3. The summed E-state index contributed by atoms with van der Waals surface area (Å²) in [4.78, 5) is 33.6. The lowest BCUT2D eigenvalue weighted by atomic mass is 9.95. The third-order valence-corrected chi connectivity index (χ3v) is 4.51. The van der Waals surface area contributed by atoms with Crippen LogP contribution in [0.4, 0.5) is 19.0 Å². The van der Waals surface area contributed by atoms with Crippen molar-refractivity contribution in [2.45, 2.75) is 25.9 Å². The number of aryl methyl sites for hydroxylation is 1. The average Bonchev–Trinajstić information content (AvgIpc) is 2.57. The van der Waals surface area contributed by atoms with Gasteiger partial charge in [-0.05, 0) is 36.6 Å². The molecule has 0 aliphatic carbocycles. The van der Waals surface area contributed by atoms with E-state index >= 15 is 0 Å². The molecule has 3 rings (SSSR count). The lowest BCUT2D eigenvalue weighted by Gasteiger charge is -2.38. The highest BCUT2D eigenvalue weighted by molar-refractivity contribution is 5.95. The van der Waals surface area contributed by atoms with Gasteiger partial charge >= 0.3 is 6.18 Å². The second kappa shape index (κ2) is 7.99. The molecule has 0 atom stereocenters. The van der Waals surface area contributed by atoms with Crippen molar-refractivity contribution < 1.29 is 27.6 Å². The minimum Gasteiger partial charge on any atom is -0.386 e. The number of amides is 2. The molecule has 3 heterocycles. The van der Waals surface area contributed by atoms with E-state index in [4.69, 9.17) is 0 Å². The number of rotatable bonds is 5. The molecule has 1 aromatic heterocycles. The van der Waals surface area contributed by atoms with Gasteiger partial charge in [0, 0.05) is 37.7 Å². The molecule has 10 heteroatoms. The molecule has 28 heavy (non-hydrogen) atoms. The summed E-state index contributed by atoms with van der Waals surface area (Å²) in [5.74, 6) is 0.173. The molecule has 2 amide bonds. The van der Waals surface area contributed by atoms with Gasteiger partial charge in [0.05, 0.1) is 5.71 Å². The van der Waals surface area contributed by atoms with E-state index in [1.807, 2.05) is 6.07 Å². The fourth-order valence-corrected chi connectivity index (χ4v) is 2.84. The Morgan fingerprint density at radius 1 is 1.43 bits per heavy atom. The van der Waals surface area contributed by atoms with Gasteiger partial charge in [0.1, 0.15) is 5.82 Å². The zero-order valence-corrected chi connectivity index (χ0v) is 15.1. The monoisotopic (exact) mass is 396 g/mol. The number of nitrogens with zero attached hydrogens (tertiary/aromatic N) is 3. The Bertz CT molecular complexity index is 830. The third kappa shape index (κ3) is 5.08. The van der Waals surface area contributed by atoms with Crippen LogP contribution in [0.2, 0.25) is 0 Å². The maximum Gasteiger partial charge on any atom is 0.425 e. The van der Waals surface area contributed by atoms with E-state index in [1.165, 1.54) is 6.08 Å². The van der Waals surface area contributed by atoms with Crippen LogP contribution in [0.15, 0.2) is 23.5 Å². The molecule has 2 aliphatic heterocycles. The van der Waals surface area contributed by atoms with E-state index in [-0.39, 0.29) is 17.7 Å². The van der Waals surface area contributed by atoms with Crippen molar-refractivity contribution in [3.05, 3.63) is 29.5 Å². The lowest BCUT2D eigenvalue weighted by molar-refractivity contribution is -0.174. The van der Waals surface area contributed by atoms with Crippen molar-refractivity contribution >= 4 is 29.4 Å². The Balaban J connectivity index is 1.49. The summed E-state index contributed by atoms with van der Waals surface area (Å²) < 4.78 is 36.1. The highest BCUT2D eigenvalue weighted by atomic mass is 19.4. The summed E-state index contributed by atoms with van der Waals surface area (Å²) in [5, 5.41) is 6.16. The van der Waals surface area contributed by atoms with Crippen LogP contribution in [0.3, 0.4) is 0 Å². The van der Waals surface area contributed by atoms with Crippen molar-refractivity contribution in [2.24, 2.45) is 11.1 Å². The Kier molecular flexibility index (Phi) is 5.66. The Morgan fingerprint density at radius 3 is 2.89 bits per heavy atom. The first kappa shape index (κ1) is 19.8. The maximum atomic E-state index is 12.2. The van der Waals surface area contributed by atoms with Gasteiger partial charge < -0.3 is 15.1 Å². The molecule has 1 fully saturated rings. The number of carbonyl (C=O) groups excluding carboxylic acids is 2. The molecule has 0 unspecified atom stereocenters. The number of hydrogen-bond acceptors (Lipinski definition) is 5. The normalized spacial score (nSPS) is 17.9. The van der Waals surface area contributed by atoms with E-state index in [9.17, 15) is 22.8 Å². The molecule has 2 aliphatic rings. The summed E-state index contributed by atoms with van der Waals surface area (Å²) in [6, 6.07) is 1.87. The van der Waals surface area contributed by atoms with Gasteiger partial charge in [0.15, 0.2) is 0 Å². The van der Waals surface area contributed by atoms with Gasteiger partial charge in [-0.25, -0.2) is 4.98 Å². The fraction of sp³-hybridized carbons (Fsp3) is 0.444. The van der Waals surface area contributed by atoms with Crippen LogP contribution in [0.25, 0.3) is 6.08 Å². The number of fused-ring (bicyclic) bond motifs is 1. The topological polar surface area (TPSA) is 83.9 Å². The van der Waals surface area contributed by atoms with Crippen LogP contribution in [-0.4, -0.2) is 53.3 Å². The second-order valence-corrected chi connectivity index (χ2v) is 6.72. The molecule has 150 valence electrons. The minimum atomic E-state index is -4.42. The molecule has 0 radical (unpaired) electrons. The van der Waals surface area contributed by atoms with Crippen molar-refractivity contribution in [1.82, 2.24) is 9.88 Å². The molecular weight excluding hydrogens is 377 g/mol. The number of likely N-dealkylation sites (tertiary alicyclic amines) is 1. The number of nitrogens with one attached hydrogen (secondary N) is 1. The quantitative estimate of drug-likeness (QED) is 0.471. The average molecular weight is 396 g/mol. The predicted molar refractivity (Wildman–Crippen MR) is 95.4 cm³/mol. The first-order valence-corrected chi connectivity index (χ1v) is 8.70. The smallest absolute Gasteiger partial charge is 0.386 e. The number of carbonyl (C=O) groups is 2. The number of alkyl halides is 3. The first-order chi connectivity index (χ1) is 13.2. The van der Waals surface area contributed by atoms with Crippen molar-refractivity contribution in [3.63, 3.8) is 0 Å². The molecule has 0 aromatic carbocycles. The van der Waals surface area contributed by atoms with Gasteiger partial charge in [-0.15, -0.1) is 0 Å². The van der Waals surface area contributed by atoms with E-state index < -0.39 is 12.8 Å². The minimum absolute atomic E-state index is 0.0616. The molecule has 1 aromatic rings. The Morgan fingerprint density at radius 2 is 2.18 bits per heavy atom. The Labute approximate surface area is 159 Å². The third-order valence-electron chi connectivity index (χ3n) is 4.51. The fourth-order valence-electron chi connectivity index (χ4n) is 2.84. The van der Waals surface area contributed by atoms with E-state index in [0.29, 0.717) is 37.5 Å². The predicted octanol–water partition coefficient (Wildman–Crippen LogP) is 2.39. The summed E-state index contributed by atoms with van der Waals surface area (Å²) >= 11 is 0. The summed E-state index contributed by atoms with van der Waals surface area (Å²) in [6.07, 6.45) is 1.23. The van der Waals surface area contributed by atoms with Crippen LogP contribution in [-0.2, 0) is 20.8 Å². The lowest BCUT2D eigenvalue weighted by Crippen LogP contribution is -2.52. The number of anilines is 1. The van der Waals surface area contributed by atoms with Crippen LogP contribution in [0.1, 0.15) is 24.5 Å². The van der Waals surface area contributed by atoms with Gasteiger partial charge in [0.25, 0.3) is 0 Å². The van der Waals surface area contributed by atoms with Crippen LogP contribution in [0.5, 0.6) is 0 Å². The van der Waals surface area contributed by atoms with Crippen LogP contribution < -0.4 is 5.32 Å². The van der Waals surface area contributed by atoms with Crippen LogP contribution >= 0.6 is 0 Å². The number of aromatic nitrogens is 1. The Hall–Kier alpha value is -2.91. The largest absolute Gasteiger partial charge is 0.425 e. The van der Waals surface area contributed by atoms with Crippen molar-refractivity contribution in [1.29, 1.82) is 0 Å². The molecule has 0 bridgehead atoms. The van der Waals surface area contributed by atoms with Crippen molar-refractivity contribution in [2.75, 3.05) is 25.0 Å². The van der Waals surface area contributed by atoms with E-state index in [0.717, 1.165) is 11.1 Å². The SMILES string of the molecule is C/C(=N/OCC(F)(F)F)C1CN(C(=O)C=Cc2cnc3c(c2)CCC(=O)N3)C1. The number of oxime groups is 1. The molecule has 1 N–H and O–H groups in total. The van der Waals surface area contributed by atoms with Gasteiger partial charge in [-0.1, -0.05) is 5.16 Å². The zero-order chi connectivity index (χ0) is 20.3. The molecule has 1 saturated heterocycles. The van der Waals surface area contributed by atoms with Gasteiger partial charge in [0.2, 0.25) is 18.4 Å².